The van der Waals surface area contributed by atoms with Gasteiger partial charge in [-0.15, -0.1) is 0 Å². The summed E-state index contributed by atoms with van der Waals surface area (Å²) >= 11 is 0. The minimum Gasteiger partial charge on any atom is -0.373 e. The van der Waals surface area contributed by atoms with E-state index in [2.05, 4.69) is 52.2 Å². The number of nitrogens with zero attached hydrogens (tertiary/aromatic N) is 3. The highest BCUT2D eigenvalue weighted by atomic mass is 16.5. The zero-order chi connectivity index (χ0) is 18.0. The molecule has 0 saturated carbocycles. The second-order valence-electron chi connectivity index (χ2n) is 7.88. The summed E-state index contributed by atoms with van der Waals surface area (Å²) in [5, 5.41) is 3.42. The normalized spacial score (nSPS) is 22.6. The highest BCUT2D eigenvalue weighted by Gasteiger charge is 2.42. The van der Waals surface area contributed by atoms with Crippen LogP contribution < -0.4 is 5.32 Å². The van der Waals surface area contributed by atoms with E-state index in [4.69, 9.17) is 4.74 Å². The van der Waals surface area contributed by atoms with E-state index in [1.54, 1.807) is 12.4 Å². The Morgan fingerprint density at radius 3 is 2.50 bits per heavy atom. The molecule has 0 bridgehead atoms. The molecular formula is C21H28N4O. The molecule has 1 N–H and O–H groups in total. The van der Waals surface area contributed by atoms with Crippen molar-refractivity contribution in [3.8, 4) is 0 Å². The fourth-order valence-electron chi connectivity index (χ4n) is 4.38. The average molecular weight is 352 g/mol. The second kappa shape index (κ2) is 7.33. The van der Waals surface area contributed by atoms with Gasteiger partial charge in [0.1, 0.15) is 0 Å². The quantitative estimate of drug-likeness (QED) is 0.915. The minimum atomic E-state index is 0.0332. The number of hydrogen-bond donors (Lipinski definition) is 1. The zero-order valence-electron chi connectivity index (χ0n) is 15.7. The van der Waals surface area contributed by atoms with E-state index in [0.29, 0.717) is 12.0 Å². The molecule has 2 aromatic rings. The van der Waals surface area contributed by atoms with Crippen LogP contribution in [0.1, 0.15) is 36.0 Å². The largest absolute Gasteiger partial charge is 0.373 e. The van der Waals surface area contributed by atoms with Crippen molar-refractivity contribution in [3.63, 3.8) is 0 Å². The molecule has 3 heterocycles. The standard InChI is InChI=1S/C21H28N4O/c1-16-10-17(2)12-18(11-16)14-25-8-4-21(5-9-25)13-19(15-26-21)24-20-22-6-3-7-23-20/h3,6-7,10-12,19H,4-5,8-9,13-15H2,1-2H3,(H,22,23,24)/t19-/m1/s1. The monoisotopic (exact) mass is 352 g/mol. The summed E-state index contributed by atoms with van der Waals surface area (Å²) in [7, 11) is 0. The molecule has 2 aliphatic heterocycles. The van der Waals surface area contributed by atoms with Crippen LogP contribution in [-0.2, 0) is 11.3 Å². The van der Waals surface area contributed by atoms with Gasteiger partial charge < -0.3 is 10.1 Å². The van der Waals surface area contributed by atoms with Crippen molar-refractivity contribution >= 4 is 5.95 Å². The number of aryl methyl sites for hydroxylation is 2. The maximum Gasteiger partial charge on any atom is 0.222 e. The first-order chi connectivity index (χ1) is 12.6. The highest BCUT2D eigenvalue weighted by Crippen LogP contribution is 2.37. The van der Waals surface area contributed by atoms with Crippen LogP contribution in [0.5, 0.6) is 0 Å². The molecule has 4 rings (SSSR count). The van der Waals surface area contributed by atoms with Crippen LogP contribution in [0.3, 0.4) is 0 Å². The molecule has 2 fully saturated rings. The molecular weight excluding hydrogens is 324 g/mol. The number of rotatable bonds is 4. The van der Waals surface area contributed by atoms with E-state index < -0.39 is 0 Å². The predicted octanol–water partition coefficient (Wildman–Crippen LogP) is 3.33. The first-order valence-corrected chi connectivity index (χ1v) is 9.57. The van der Waals surface area contributed by atoms with Gasteiger partial charge in [-0.25, -0.2) is 9.97 Å². The maximum atomic E-state index is 6.26. The summed E-state index contributed by atoms with van der Waals surface area (Å²) in [5.41, 5.74) is 4.16. The van der Waals surface area contributed by atoms with Crippen molar-refractivity contribution in [2.75, 3.05) is 25.0 Å². The Balaban J connectivity index is 1.30. The number of aromatic nitrogens is 2. The lowest BCUT2D eigenvalue weighted by molar-refractivity contribution is -0.0448. The molecule has 1 spiro atoms. The Bertz CT molecular complexity index is 721. The Hall–Kier alpha value is -1.98. The predicted molar refractivity (Wildman–Crippen MR) is 103 cm³/mol. The second-order valence-corrected chi connectivity index (χ2v) is 7.88. The van der Waals surface area contributed by atoms with Gasteiger partial charge in [0.15, 0.2) is 0 Å². The Morgan fingerprint density at radius 1 is 1.12 bits per heavy atom. The molecule has 1 aromatic heterocycles. The average Bonchev–Trinajstić information content (AvgIpc) is 3.00. The molecule has 0 amide bonds. The van der Waals surface area contributed by atoms with Crippen molar-refractivity contribution in [1.29, 1.82) is 0 Å². The van der Waals surface area contributed by atoms with Gasteiger partial charge in [0, 0.05) is 32.0 Å². The molecule has 0 unspecified atom stereocenters. The third kappa shape index (κ3) is 4.05. The van der Waals surface area contributed by atoms with E-state index in [-0.39, 0.29) is 5.60 Å². The van der Waals surface area contributed by atoms with Gasteiger partial charge in [-0.1, -0.05) is 29.3 Å². The van der Waals surface area contributed by atoms with Crippen LogP contribution in [0.2, 0.25) is 0 Å². The SMILES string of the molecule is Cc1cc(C)cc(CN2CCC3(CC2)C[C@@H](Nc2ncccn2)CO3)c1. The van der Waals surface area contributed by atoms with Gasteiger partial charge in [0.2, 0.25) is 5.95 Å². The van der Waals surface area contributed by atoms with Gasteiger partial charge in [0.25, 0.3) is 0 Å². The van der Waals surface area contributed by atoms with Gasteiger partial charge in [-0.05, 0) is 44.7 Å². The lowest BCUT2D eigenvalue weighted by Gasteiger charge is -2.38. The van der Waals surface area contributed by atoms with E-state index in [9.17, 15) is 0 Å². The molecule has 1 aromatic carbocycles. The zero-order valence-corrected chi connectivity index (χ0v) is 15.7. The van der Waals surface area contributed by atoms with E-state index in [1.807, 2.05) is 6.07 Å². The fraction of sp³-hybridized carbons (Fsp3) is 0.524. The smallest absolute Gasteiger partial charge is 0.222 e. The lowest BCUT2D eigenvalue weighted by atomic mass is 9.87. The molecule has 2 saturated heterocycles. The Morgan fingerprint density at radius 2 is 1.81 bits per heavy atom. The molecule has 5 heteroatoms. The van der Waals surface area contributed by atoms with E-state index in [0.717, 1.165) is 45.5 Å². The number of nitrogens with one attached hydrogen (secondary N) is 1. The molecule has 1 atom stereocenters. The van der Waals surface area contributed by atoms with Crippen LogP contribution in [0.4, 0.5) is 5.95 Å². The van der Waals surface area contributed by atoms with Crippen LogP contribution in [0.25, 0.3) is 0 Å². The van der Waals surface area contributed by atoms with Crippen molar-refractivity contribution in [2.45, 2.75) is 51.3 Å². The first kappa shape index (κ1) is 17.4. The molecule has 26 heavy (non-hydrogen) atoms. The number of piperidine rings is 1. The summed E-state index contributed by atoms with van der Waals surface area (Å²) < 4.78 is 6.26. The number of likely N-dealkylation sites (tertiary alicyclic amines) is 1. The molecule has 0 aliphatic carbocycles. The summed E-state index contributed by atoms with van der Waals surface area (Å²) in [6.07, 6.45) is 6.79. The fourth-order valence-corrected chi connectivity index (χ4v) is 4.38. The lowest BCUT2D eigenvalue weighted by Crippen LogP contribution is -2.44. The minimum absolute atomic E-state index is 0.0332. The topological polar surface area (TPSA) is 50.3 Å². The Labute approximate surface area is 155 Å². The molecule has 2 aliphatic rings. The van der Waals surface area contributed by atoms with Gasteiger partial charge >= 0.3 is 0 Å². The maximum absolute atomic E-state index is 6.26. The van der Waals surface area contributed by atoms with E-state index >= 15 is 0 Å². The number of anilines is 1. The van der Waals surface area contributed by atoms with Gasteiger partial charge in [-0.3, -0.25) is 4.90 Å². The summed E-state index contributed by atoms with van der Waals surface area (Å²) in [4.78, 5) is 11.1. The van der Waals surface area contributed by atoms with Crippen molar-refractivity contribution in [2.24, 2.45) is 0 Å². The number of benzene rings is 1. The van der Waals surface area contributed by atoms with E-state index in [1.165, 1.54) is 16.7 Å². The van der Waals surface area contributed by atoms with Crippen LogP contribution in [-0.4, -0.2) is 46.2 Å². The Kier molecular flexibility index (Phi) is 4.92. The third-order valence-electron chi connectivity index (χ3n) is 5.56. The van der Waals surface area contributed by atoms with Gasteiger partial charge in [0.05, 0.1) is 18.2 Å². The molecule has 5 nitrogen and oxygen atoms in total. The number of ether oxygens (including phenoxy) is 1. The van der Waals surface area contributed by atoms with Gasteiger partial charge in [-0.2, -0.15) is 0 Å². The van der Waals surface area contributed by atoms with Crippen molar-refractivity contribution in [1.82, 2.24) is 14.9 Å². The molecule has 138 valence electrons. The first-order valence-electron chi connectivity index (χ1n) is 9.57. The highest BCUT2D eigenvalue weighted by molar-refractivity contribution is 5.28. The van der Waals surface area contributed by atoms with Crippen LogP contribution >= 0.6 is 0 Å². The van der Waals surface area contributed by atoms with Crippen molar-refractivity contribution in [3.05, 3.63) is 53.3 Å². The third-order valence-corrected chi connectivity index (χ3v) is 5.56. The van der Waals surface area contributed by atoms with Crippen LogP contribution in [0, 0.1) is 13.8 Å². The number of hydrogen-bond acceptors (Lipinski definition) is 5. The summed E-state index contributed by atoms with van der Waals surface area (Å²) in [5.74, 6) is 0.699. The van der Waals surface area contributed by atoms with Crippen LogP contribution in [0.15, 0.2) is 36.7 Å². The summed E-state index contributed by atoms with van der Waals surface area (Å²) in [6.45, 7) is 8.34. The molecule has 0 radical (unpaired) electrons. The van der Waals surface area contributed by atoms with Crippen molar-refractivity contribution < 1.29 is 4.74 Å². The summed E-state index contributed by atoms with van der Waals surface area (Å²) in [6, 6.07) is 9.00.